The fourth-order valence-corrected chi connectivity index (χ4v) is 1.40. The lowest BCUT2D eigenvalue weighted by molar-refractivity contribution is 0.0999. The predicted octanol–water partition coefficient (Wildman–Crippen LogP) is 0.411. The number of aliphatic hydroxyl groups excluding tert-OH is 1. The molecule has 0 aromatic heterocycles. The van der Waals surface area contributed by atoms with Gasteiger partial charge in [-0.25, -0.2) is 4.39 Å². The quantitative estimate of drug-likeness (QED) is 0.580. The Labute approximate surface area is 60.6 Å². The summed E-state index contributed by atoms with van der Waals surface area (Å²) in [6.07, 6.45) is -0.304. The van der Waals surface area contributed by atoms with Crippen molar-refractivity contribution in [3.05, 3.63) is 0 Å². The second-order valence-corrected chi connectivity index (χ2v) is 3.34. The maximum absolute atomic E-state index is 12.7. The summed E-state index contributed by atoms with van der Waals surface area (Å²) in [5.41, 5.74) is -0.320. The third-order valence-electron chi connectivity index (χ3n) is 2.40. The van der Waals surface area contributed by atoms with E-state index in [0.29, 0.717) is 13.0 Å². The highest BCUT2D eigenvalue weighted by molar-refractivity contribution is 4.94. The molecule has 0 radical (unpaired) electrons. The van der Waals surface area contributed by atoms with Gasteiger partial charge in [0.15, 0.2) is 0 Å². The Morgan fingerprint density at radius 3 is 2.60 bits per heavy atom. The van der Waals surface area contributed by atoms with Gasteiger partial charge in [0.2, 0.25) is 0 Å². The van der Waals surface area contributed by atoms with Gasteiger partial charge in [0.1, 0.15) is 6.17 Å². The molecule has 0 aliphatic carbocycles. The van der Waals surface area contributed by atoms with Crippen LogP contribution in [0.15, 0.2) is 0 Å². The zero-order chi connectivity index (χ0) is 7.78. The van der Waals surface area contributed by atoms with E-state index >= 15 is 0 Å². The highest BCUT2D eigenvalue weighted by Crippen LogP contribution is 2.28. The van der Waals surface area contributed by atoms with Gasteiger partial charge >= 0.3 is 0 Å². The minimum atomic E-state index is -0.762. The van der Waals surface area contributed by atoms with Gasteiger partial charge in [-0.2, -0.15) is 0 Å². The van der Waals surface area contributed by atoms with Gasteiger partial charge in [0, 0.05) is 18.5 Å². The summed E-state index contributed by atoms with van der Waals surface area (Å²) in [5.74, 6) is 0. The Morgan fingerprint density at radius 2 is 2.40 bits per heavy atom. The molecule has 3 heteroatoms. The zero-order valence-electron chi connectivity index (χ0n) is 6.47. The molecule has 0 bridgehead atoms. The summed E-state index contributed by atoms with van der Waals surface area (Å²) in [6.45, 7) is 2.38. The van der Waals surface area contributed by atoms with Crippen LogP contribution in [0.2, 0.25) is 0 Å². The molecule has 2 atom stereocenters. The molecule has 1 saturated heterocycles. The number of alkyl halides is 1. The van der Waals surface area contributed by atoms with E-state index in [0.717, 1.165) is 0 Å². The van der Waals surface area contributed by atoms with E-state index in [1.54, 1.807) is 0 Å². The molecule has 10 heavy (non-hydrogen) atoms. The highest BCUT2D eigenvalue weighted by atomic mass is 19.1. The summed E-state index contributed by atoms with van der Waals surface area (Å²) in [6, 6.07) is 0. The van der Waals surface area contributed by atoms with Crippen molar-refractivity contribution in [3.8, 4) is 0 Å². The number of likely N-dealkylation sites (N-methyl/N-ethyl adjacent to an activating group) is 1. The molecule has 1 heterocycles. The van der Waals surface area contributed by atoms with E-state index < -0.39 is 6.17 Å². The Kier molecular flexibility index (Phi) is 1.97. The van der Waals surface area contributed by atoms with Crippen LogP contribution in [0.5, 0.6) is 0 Å². The minimum absolute atomic E-state index is 0.0456. The largest absolute Gasteiger partial charge is 0.394 e. The summed E-state index contributed by atoms with van der Waals surface area (Å²) in [4.78, 5) is 1.87. The zero-order valence-corrected chi connectivity index (χ0v) is 6.47. The Bertz CT molecular complexity index is 131. The van der Waals surface area contributed by atoms with Crippen molar-refractivity contribution < 1.29 is 9.50 Å². The molecule has 0 spiro atoms. The maximum atomic E-state index is 12.7. The smallest absolute Gasteiger partial charge is 0.115 e. The van der Waals surface area contributed by atoms with Crippen LogP contribution in [0.25, 0.3) is 0 Å². The normalized spacial score (nSPS) is 42.6. The average molecular weight is 147 g/mol. The van der Waals surface area contributed by atoms with Crippen LogP contribution in [-0.4, -0.2) is 41.9 Å². The van der Waals surface area contributed by atoms with Gasteiger partial charge in [-0.05, 0) is 14.0 Å². The number of nitrogens with zero attached hydrogens (tertiary/aromatic N) is 1. The van der Waals surface area contributed by atoms with Gasteiger partial charge in [-0.1, -0.05) is 0 Å². The Balaban J connectivity index is 2.61. The molecule has 0 unspecified atom stereocenters. The van der Waals surface area contributed by atoms with Crippen molar-refractivity contribution in [2.75, 3.05) is 20.2 Å². The van der Waals surface area contributed by atoms with Gasteiger partial charge < -0.3 is 5.11 Å². The highest BCUT2D eigenvalue weighted by Gasteiger charge is 2.39. The molecule has 60 valence electrons. The molecule has 0 amide bonds. The molecule has 0 aromatic carbocycles. The minimum Gasteiger partial charge on any atom is -0.394 e. The van der Waals surface area contributed by atoms with Crippen LogP contribution in [0.4, 0.5) is 4.39 Å². The van der Waals surface area contributed by atoms with Crippen molar-refractivity contribution in [2.45, 2.75) is 25.1 Å². The van der Waals surface area contributed by atoms with Gasteiger partial charge in [0.05, 0.1) is 6.61 Å². The molecule has 0 saturated carbocycles. The third kappa shape index (κ3) is 1.16. The summed E-state index contributed by atoms with van der Waals surface area (Å²) in [5, 5.41) is 8.91. The van der Waals surface area contributed by atoms with Crippen LogP contribution in [0.3, 0.4) is 0 Å². The van der Waals surface area contributed by atoms with Crippen LogP contribution in [-0.2, 0) is 0 Å². The fourth-order valence-electron chi connectivity index (χ4n) is 1.40. The molecule has 1 rings (SSSR count). The van der Waals surface area contributed by atoms with Crippen molar-refractivity contribution in [1.82, 2.24) is 4.90 Å². The number of hydrogen-bond acceptors (Lipinski definition) is 2. The van der Waals surface area contributed by atoms with Crippen LogP contribution >= 0.6 is 0 Å². The number of rotatable bonds is 1. The number of likely N-dealkylation sites (tertiary alicyclic amines) is 1. The van der Waals surface area contributed by atoms with E-state index in [1.807, 2.05) is 18.9 Å². The third-order valence-corrected chi connectivity index (χ3v) is 2.40. The van der Waals surface area contributed by atoms with E-state index in [1.165, 1.54) is 0 Å². The molecule has 1 fully saturated rings. The van der Waals surface area contributed by atoms with E-state index in [4.69, 9.17) is 5.11 Å². The first-order chi connectivity index (χ1) is 4.58. The second kappa shape index (κ2) is 2.47. The van der Waals surface area contributed by atoms with Gasteiger partial charge in [0.25, 0.3) is 0 Å². The number of hydrogen-bond donors (Lipinski definition) is 1. The number of halogens is 1. The van der Waals surface area contributed by atoms with Crippen LogP contribution in [0.1, 0.15) is 13.3 Å². The topological polar surface area (TPSA) is 23.5 Å². The first-order valence-corrected chi connectivity index (χ1v) is 3.55. The van der Waals surface area contributed by atoms with Gasteiger partial charge in [-0.3, -0.25) is 4.90 Å². The van der Waals surface area contributed by atoms with Gasteiger partial charge in [-0.15, -0.1) is 0 Å². The fraction of sp³-hybridized carbons (Fsp3) is 1.00. The molecule has 1 N–H and O–H groups in total. The Morgan fingerprint density at radius 1 is 1.80 bits per heavy atom. The predicted molar refractivity (Wildman–Crippen MR) is 37.6 cm³/mol. The summed E-state index contributed by atoms with van der Waals surface area (Å²) >= 11 is 0. The standard InChI is InChI=1S/C7H14FNO/c1-7(5-10)3-6(8)4-9(7)2/h6,10H,3-5H2,1-2H3/t6-,7-/m1/s1. The first kappa shape index (κ1) is 7.95. The van der Waals surface area contributed by atoms with Crippen molar-refractivity contribution in [3.63, 3.8) is 0 Å². The van der Waals surface area contributed by atoms with Crippen LogP contribution in [0, 0.1) is 0 Å². The molecule has 0 aromatic rings. The number of aliphatic hydroxyl groups is 1. The molecular formula is C7H14FNO. The molecule has 1 aliphatic rings. The average Bonchev–Trinajstić information content (AvgIpc) is 2.09. The Hall–Kier alpha value is -0.150. The van der Waals surface area contributed by atoms with Crippen LogP contribution < -0.4 is 0 Å². The van der Waals surface area contributed by atoms with E-state index in [2.05, 4.69) is 0 Å². The maximum Gasteiger partial charge on any atom is 0.115 e. The molecule has 2 nitrogen and oxygen atoms in total. The SMILES string of the molecule is CN1C[C@H](F)C[C@]1(C)CO. The molecule has 1 aliphatic heterocycles. The first-order valence-electron chi connectivity index (χ1n) is 3.55. The summed E-state index contributed by atoms with van der Waals surface area (Å²) in [7, 11) is 1.84. The monoisotopic (exact) mass is 147 g/mol. The van der Waals surface area contributed by atoms with Crippen molar-refractivity contribution in [2.24, 2.45) is 0 Å². The van der Waals surface area contributed by atoms with E-state index in [-0.39, 0.29) is 12.1 Å². The summed E-state index contributed by atoms with van der Waals surface area (Å²) < 4.78 is 12.7. The van der Waals surface area contributed by atoms with Crippen molar-refractivity contribution in [1.29, 1.82) is 0 Å². The molecular weight excluding hydrogens is 133 g/mol. The van der Waals surface area contributed by atoms with Crippen molar-refractivity contribution >= 4 is 0 Å². The lowest BCUT2D eigenvalue weighted by Gasteiger charge is -2.28. The lowest BCUT2D eigenvalue weighted by atomic mass is 10.0. The second-order valence-electron chi connectivity index (χ2n) is 3.34. The van der Waals surface area contributed by atoms with E-state index in [9.17, 15) is 4.39 Å². The lowest BCUT2D eigenvalue weighted by Crippen LogP contribution is -2.41.